The van der Waals surface area contributed by atoms with E-state index < -0.39 is 0 Å². The highest BCUT2D eigenvalue weighted by molar-refractivity contribution is 5.54. The second-order valence-corrected chi connectivity index (χ2v) is 4.33. The third-order valence-corrected chi connectivity index (χ3v) is 2.94. The van der Waals surface area contributed by atoms with Gasteiger partial charge in [0.05, 0.1) is 0 Å². The molecule has 0 unspecified atom stereocenters. The average molecular weight is 205 g/mol. The molecule has 1 fully saturated rings. The molecule has 1 aromatic heterocycles. The molecule has 0 aromatic carbocycles. The summed E-state index contributed by atoms with van der Waals surface area (Å²) >= 11 is 0. The van der Waals surface area contributed by atoms with Crippen LogP contribution in [0.3, 0.4) is 0 Å². The summed E-state index contributed by atoms with van der Waals surface area (Å²) in [4.78, 5) is 6.74. The minimum atomic E-state index is 0.752. The van der Waals surface area contributed by atoms with Crippen LogP contribution in [0.2, 0.25) is 0 Å². The van der Waals surface area contributed by atoms with E-state index in [4.69, 9.17) is 0 Å². The van der Waals surface area contributed by atoms with Crippen molar-refractivity contribution >= 4 is 5.69 Å². The van der Waals surface area contributed by atoms with E-state index in [-0.39, 0.29) is 0 Å². The van der Waals surface area contributed by atoms with Gasteiger partial charge in [-0.2, -0.15) is 0 Å². The Bertz CT molecular complexity index is 345. The van der Waals surface area contributed by atoms with Gasteiger partial charge in [0.15, 0.2) is 0 Å². The molecule has 1 aromatic rings. The highest BCUT2D eigenvalue weighted by Gasteiger charge is 2.27. The number of anilines is 1. The summed E-state index contributed by atoms with van der Waals surface area (Å²) in [6.45, 7) is 2.94. The summed E-state index contributed by atoms with van der Waals surface area (Å²) in [7, 11) is 4.16. The molecular weight excluding hydrogens is 186 g/mol. The van der Waals surface area contributed by atoms with Gasteiger partial charge in [-0.05, 0) is 32.9 Å². The predicted molar refractivity (Wildman–Crippen MR) is 63.2 cm³/mol. The quantitative estimate of drug-likeness (QED) is 0.811. The molecule has 0 radical (unpaired) electrons. The predicted octanol–water partition coefficient (Wildman–Crippen LogP) is 1.71. The molecular formula is C12H19N3. The lowest BCUT2D eigenvalue weighted by Crippen LogP contribution is -2.22. The van der Waals surface area contributed by atoms with E-state index in [9.17, 15) is 0 Å². The maximum absolute atomic E-state index is 4.35. The largest absolute Gasteiger partial charge is 0.371 e. The Labute approximate surface area is 91.5 Å². The number of hydrogen-bond donors (Lipinski definition) is 1. The van der Waals surface area contributed by atoms with Crippen LogP contribution in [0, 0.1) is 6.92 Å². The molecule has 1 heterocycles. The van der Waals surface area contributed by atoms with Crippen molar-refractivity contribution in [2.75, 3.05) is 19.0 Å². The van der Waals surface area contributed by atoms with E-state index in [0.29, 0.717) is 0 Å². The van der Waals surface area contributed by atoms with Crippen molar-refractivity contribution in [1.82, 2.24) is 10.3 Å². The van der Waals surface area contributed by atoms with Crippen LogP contribution in [0.4, 0.5) is 5.69 Å². The van der Waals surface area contributed by atoms with E-state index in [1.807, 2.05) is 20.2 Å². The molecule has 0 aliphatic heterocycles. The van der Waals surface area contributed by atoms with Crippen LogP contribution < -0.4 is 10.2 Å². The van der Waals surface area contributed by atoms with Gasteiger partial charge in [-0.1, -0.05) is 0 Å². The van der Waals surface area contributed by atoms with E-state index in [2.05, 4.69) is 28.3 Å². The fourth-order valence-electron chi connectivity index (χ4n) is 1.89. The maximum atomic E-state index is 4.35. The lowest BCUT2D eigenvalue weighted by Gasteiger charge is -2.22. The van der Waals surface area contributed by atoms with E-state index in [1.54, 1.807) is 0 Å². The van der Waals surface area contributed by atoms with Gasteiger partial charge >= 0.3 is 0 Å². The highest BCUT2D eigenvalue weighted by atomic mass is 15.2. The average Bonchev–Trinajstić information content (AvgIpc) is 3.03. The molecule has 0 amide bonds. The van der Waals surface area contributed by atoms with Gasteiger partial charge in [0.1, 0.15) is 0 Å². The number of nitrogens with one attached hydrogen (secondary N) is 1. The van der Waals surface area contributed by atoms with Gasteiger partial charge in [0, 0.05) is 42.8 Å². The topological polar surface area (TPSA) is 28.2 Å². The number of hydrogen-bond acceptors (Lipinski definition) is 3. The van der Waals surface area contributed by atoms with Crippen LogP contribution in [0.5, 0.6) is 0 Å². The van der Waals surface area contributed by atoms with Crippen LogP contribution in [-0.4, -0.2) is 25.1 Å². The number of aromatic nitrogens is 1. The monoisotopic (exact) mass is 205 g/mol. The zero-order valence-corrected chi connectivity index (χ0v) is 9.75. The van der Waals surface area contributed by atoms with Crippen molar-refractivity contribution in [3.8, 4) is 0 Å². The van der Waals surface area contributed by atoms with Gasteiger partial charge in [-0.3, -0.25) is 4.98 Å². The first-order valence-corrected chi connectivity index (χ1v) is 5.55. The first kappa shape index (κ1) is 10.4. The molecule has 2 rings (SSSR count). The zero-order chi connectivity index (χ0) is 10.8. The van der Waals surface area contributed by atoms with Crippen molar-refractivity contribution in [2.45, 2.75) is 32.4 Å². The van der Waals surface area contributed by atoms with Crippen molar-refractivity contribution in [3.05, 3.63) is 23.5 Å². The molecule has 1 aliphatic rings. The molecule has 82 valence electrons. The molecule has 0 atom stereocenters. The summed E-state index contributed by atoms with van der Waals surface area (Å²) in [6.07, 6.45) is 4.65. The van der Waals surface area contributed by atoms with Gasteiger partial charge in [0.25, 0.3) is 0 Å². The molecule has 1 aliphatic carbocycles. The Kier molecular flexibility index (Phi) is 2.91. The van der Waals surface area contributed by atoms with Crippen LogP contribution in [-0.2, 0) is 6.54 Å². The van der Waals surface area contributed by atoms with E-state index in [1.165, 1.54) is 24.1 Å². The minimum Gasteiger partial charge on any atom is -0.371 e. The Balaban J connectivity index is 2.28. The second-order valence-electron chi connectivity index (χ2n) is 4.33. The van der Waals surface area contributed by atoms with Crippen molar-refractivity contribution < 1.29 is 0 Å². The van der Waals surface area contributed by atoms with Crippen LogP contribution in [0.15, 0.2) is 12.3 Å². The Morgan fingerprint density at radius 3 is 2.87 bits per heavy atom. The van der Waals surface area contributed by atoms with Gasteiger partial charge in [-0.15, -0.1) is 0 Å². The molecule has 1 N–H and O–H groups in total. The van der Waals surface area contributed by atoms with Crippen molar-refractivity contribution in [2.24, 2.45) is 0 Å². The number of aryl methyl sites for hydroxylation is 1. The maximum Gasteiger partial charge on any atom is 0.0445 e. The summed E-state index contributed by atoms with van der Waals surface area (Å²) < 4.78 is 0. The molecule has 0 saturated heterocycles. The Morgan fingerprint density at radius 2 is 2.27 bits per heavy atom. The Hall–Kier alpha value is -1.09. The lowest BCUT2D eigenvalue weighted by atomic mass is 10.2. The second kappa shape index (κ2) is 4.19. The molecule has 1 saturated carbocycles. The molecule has 0 spiro atoms. The third kappa shape index (κ3) is 2.29. The van der Waals surface area contributed by atoms with Crippen LogP contribution in [0.1, 0.15) is 24.1 Å². The number of pyridine rings is 1. The smallest absolute Gasteiger partial charge is 0.0445 e. The van der Waals surface area contributed by atoms with Crippen molar-refractivity contribution in [3.63, 3.8) is 0 Å². The Morgan fingerprint density at radius 1 is 1.53 bits per heavy atom. The normalized spacial score (nSPS) is 15.4. The molecule has 3 heteroatoms. The molecule has 0 bridgehead atoms. The van der Waals surface area contributed by atoms with E-state index >= 15 is 0 Å². The summed E-state index contributed by atoms with van der Waals surface area (Å²) in [5.41, 5.74) is 3.72. The number of rotatable bonds is 4. The van der Waals surface area contributed by atoms with Crippen LogP contribution >= 0.6 is 0 Å². The summed E-state index contributed by atoms with van der Waals surface area (Å²) in [6, 6.07) is 2.94. The molecule has 15 heavy (non-hydrogen) atoms. The first-order chi connectivity index (χ1) is 7.22. The highest BCUT2D eigenvalue weighted by Crippen LogP contribution is 2.32. The summed E-state index contributed by atoms with van der Waals surface area (Å²) in [5, 5.41) is 3.19. The van der Waals surface area contributed by atoms with Gasteiger partial charge in [0.2, 0.25) is 0 Å². The SMILES string of the molecule is CNCc1cnc(C)cc1N(C)C1CC1. The fourth-order valence-corrected chi connectivity index (χ4v) is 1.89. The van der Waals surface area contributed by atoms with Crippen molar-refractivity contribution in [1.29, 1.82) is 0 Å². The third-order valence-electron chi connectivity index (χ3n) is 2.94. The van der Waals surface area contributed by atoms with E-state index in [0.717, 1.165) is 18.3 Å². The lowest BCUT2D eigenvalue weighted by molar-refractivity contribution is 0.798. The molecule has 3 nitrogen and oxygen atoms in total. The standard InChI is InChI=1S/C12H19N3/c1-9-6-12(15(3)11-4-5-11)10(7-13-2)8-14-9/h6,8,11,13H,4-5,7H2,1-3H3. The minimum absolute atomic E-state index is 0.752. The zero-order valence-electron chi connectivity index (χ0n) is 9.75. The van der Waals surface area contributed by atoms with Crippen LogP contribution in [0.25, 0.3) is 0 Å². The fraction of sp³-hybridized carbons (Fsp3) is 0.583. The number of nitrogens with zero attached hydrogens (tertiary/aromatic N) is 2. The summed E-state index contributed by atoms with van der Waals surface area (Å²) in [5.74, 6) is 0. The van der Waals surface area contributed by atoms with Gasteiger partial charge < -0.3 is 10.2 Å². The first-order valence-electron chi connectivity index (χ1n) is 5.55. The van der Waals surface area contributed by atoms with Gasteiger partial charge in [-0.25, -0.2) is 0 Å².